The third-order valence-corrected chi connectivity index (χ3v) is 4.12. The highest BCUT2D eigenvalue weighted by Gasteiger charge is 2.07. The number of hydrogen-bond donors (Lipinski definition) is 2. The minimum Gasteiger partial charge on any atom is -0.506 e. The molecule has 0 aliphatic carbocycles. The van der Waals surface area contributed by atoms with Crippen LogP contribution in [0.15, 0.2) is 39.3 Å². The van der Waals surface area contributed by atoms with E-state index in [4.69, 9.17) is 4.74 Å². The smallest absolute Gasteiger partial charge is 0.143 e. The Balaban J connectivity index is 2.18. The lowest BCUT2D eigenvalue weighted by atomic mass is 10.2. The van der Waals surface area contributed by atoms with E-state index >= 15 is 0 Å². The molecule has 3 nitrogen and oxygen atoms in total. The van der Waals surface area contributed by atoms with Crippen molar-refractivity contribution in [2.24, 2.45) is 0 Å². The summed E-state index contributed by atoms with van der Waals surface area (Å²) >= 11 is 6.66. The first kappa shape index (κ1) is 15.2. The summed E-state index contributed by atoms with van der Waals surface area (Å²) < 4.78 is 6.67. The van der Waals surface area contributed by atoms with E-state index in [2.05, 4.69) is 37.2 Å². The molecule has 0 radical (unpaired) electrons. The molecule has 2 N–H and O–H groups in total. The Morgan fingerprint density at radius 3 is 2.40 bits per heavy atom. The highest BCUT2D eigenvalue weighted by atomic mass is 79.9. The lowest BCUT2D eigenvalue weighted by Crippen LogP contribution is -2.02. The number of halogens is 2. The second kappa shape index (κ2) is 6.50. The quantitative estimate of drug-likeness (QED) is 0.770. The molecule has 2 rings (SSSR count). The number of methoxy groups -OCH3 is 1. The normalized spacial score (nSPS) is 10.4. The van der Waals surface area contributed by atoms with Gasteiger partial charge in [0.2, 0.25) is 0 Å². The number of hydrogen-bond acceptors (Lipinski definition) is 3. The first-order chi connectivity index (χ1) is 9.51. The number of phenols is 1. The molecule has 2 aromatic rings. The van der Waals surface area contributed by atoms with Crippen molar-refractivity contribution in [3.05, 3.63) is 50.4 Å². The third-order valence-electron chi connectivity index (χ3n) is 2.91. The van der Waals surface area contributed by atoms with Gasteiger partial charge in [0.25, 0.3) is 0 Å². The van der Waals surface area contributed by atoms with Gasteiger partial charge >= 0.3 is 0 Å². The molecule has 0 aromatic heterocycles. The predicted octanol–water partition coefficient (Wildman–Crippen LogP) is 4.85. The fourth-order valence-electron chi connectivity index (χ4n) is 1.88. The van der Waals surface area contributed by atoms with E-state index < -0.39 is 0 Å². The van der Waals surface area contributed by atoms with Crippen LogP contribution in [-0.4, -0.2) is 12.2 Å². The molecule has 0 saturated carbocycles. The average molecular weight is 401 g/mol. The van der Waals surface area contributed by atoms with Crippen LogP contribution in [0.4, 0.5) is 5.69 Å². The fraction of sp³-hybridized carbons (Fsp3) is 0.200. The van der Waals surface area contributed by atoms with Crippen molar-refractivity contribution in [1.29, 1.82) is 0 Å². The zero-order chi connectivity index (χ0) is 14.7. The van der Waals surface area contributed by atoms with E-state index in [1.54, 1.807) is 7.11 Å². The number of ether oxygens (including phenoxy) is 1. The lowest BCUT2D eigenvalue weighted by Gasteiger charge is -2.13. The van der Waals surface area contributed by atoms with Crippen LogP contribution in [0.3, 0.4) is 0 Å². The summed E-state index contributed by atoms with van der Waals surface area (Å²) in [6.45, 7) is 2.68. The monoisotopic (exact) mass is 399 g/mol. The Hall–Kier alpha value is -1.20. The van der Waals surface area contributed by atoms with Crippen LogP contribution in [0.5, 0.6) is 11.5 Å². The molecule has 20 heavy (non-hydrogen) atoms. The second-order valence-electron chi connectivity index (χ2n) is 4.47. The van der Waals surface area contributed by atoms with E-state index in [0.717, 1.165) is 17.0 Å². The van der Waals surface area contributed by atoms with E-state index in [9.17, 15) is 5.11 Å². The highest BCUT2D eigenvalue weighted by Crippen LogP contribution is 2.34. The molecule has 0 spiro atoms. The van der Waals surface area contributed by atoms with Crippen molar-refractivity contribution in [2.75, 3.05) is 12.4 Å². The van der Waals surface area contributed by atoms with Crippen molar-refractivity contribution < 1.29 is 9.84 Å². The summed E-state index contributed by atoms with van der Waals surface area (Å²) in [4.78, 5) is 0. The van der Waals surface area contributed by atoms with E-state index in [-0.39, 0.29) is 5.75 Å². The zero-order valence-electron chi connectivity index (χ0n) is 11.2. The average Bonchev–Trinajstić information content (AvgIpc) is 2.42. The summed E-state index contributed by atoms with van der Waals surface area (Å²) in [5, 5.41) is 13.0. The number of aryl methyl sites for hydroxylation is 1. The molecule has 0 atom stereocenters. The standard InChI is InChI=1S/C15H15Br2NO2/c1-9-3-4-14(20-2)13(5-9)18-8-10-6-11(16)15(19)12(17)7-10/h3-7,18-19H,8H2,1-2H3. The Labute approximate surface area is 135 Å². The number of rotatable bonds is 4. The van der Waals surface area contributed by atoms with Gasteiger partial charge < -0.3 is 15.2 Å². The van der Waals surface area contributed by atoms with Gasteiger partial charge in [-0.2, -0.15) is 0 Å². The molecule has 0 unspecified atom stereocenters. The van der Waals surface area contributed by atoms with Crippen molar-refractivity contribution >= 4 is 37.5 Å². The van der Waals surface area contributed by atoms with Gasteiger partial charge in [-0.1, -0.05) is 6.07 Å². The van der Waals surface area contributed by atoms with Gasteiger partial charge in [0.05, 0.1) is 21.7 Å². The van der Waals surface area contributed by atoms with Crippen LogP contribution < -0.4 is 10.1 Å². The second-order valence-corrected chi connectivity index (χ2v) is 6.17. The highest BCUT2D eigenvalue weighted by molar-refractivity contribution is 9.11. The van der Waals surface area contributed by atoms with E-state index in [1.165, 1.54) is 5.56 Å². The summed E-state index contributed by atoms with van der Waals surface area (Å²) in [5.41, 5.74) is 3.17. The molecule has 0 fully saturated rings. The Kier molecular flexibility index (Phi) is 4.94. The SMILES string of the molecule is COc1ccc(C)cc1NCc1cc(Br)c(O)c(Br)c1. The Morgan fingerprint density at radius 2 is 1.80 bits per heavy atom. The van der Waals surface area contributed by atoms with Crippen LogP contribution >= 0.6 is 31.9 Å². The molecule has 0 amide bonds. The number of benzene rings is 2. The van der Waals surface area contributed by atoms with E-state index in [1.807, 2.05) is 37.3 Å². The largest absolute Gasteiger partial charge is 0.506 e. The maximum Gasteiger partial charge on any atom is 0.143 e. The third kappa shape index (κ3) is 3.46. The number of nitrogens with one attached hydrogen (secondary N) is 1. The first-order valence-electron chi connectivity index (χ1n) is 6.06. The molecule has 0 saturated heterocycles. The van der Waals surface area contributed by atoms with Crippen molar-refractivity contribution in [3.63, 3.8) is 0 Å². The molecular formula is C15H15Br2NO2. The maximum atomic E-state index is 9.70. The maximum absolute atomic E-state index is 9.70. The van der Waals surface area contributed by atoms with Gasteiger partial charge in [-0.3, -0.25) is 0 Å². The van der Waals surface area contributed by atoms with Crippen LogP contribution in [0.25, 0.3) is 0 Å². The van der Waals surface area contributed by atoms with Gasteiger partial charge in [0.15, 0.2) is 0 Å². The molecule has 0 heterocycles. The summed E-state index contributed by atoms with van der Waals surface area (Å²) in [5.74, 6) is 1.02. The minimum absolute atomic E-state index is 0.210. The summed E-state index contributed by atoms with van der Waals surface area (Å²) in [6.07, 6.45) is 0. The molecule has 0 aliphatic rings. The van der Waals surface area contributed by atoms with Gasteiger partial charge in [-0.15, -0.1) is 0 Å². The number of anilines is 1. The predicted molar refractivity (Wildman–Crippen MR) is 88.6 cm³/mol. The zero-order valence-corrected chi connectivity index (χ0v) is 14.4. The molecule has 106 valence electrons. The van der Waals surface area contributed by atoms with Crippen LogP contribution in [0, 0.1) is 6.92 Å². The summed E-state index contributed by atoms with van der Waals surface area (Å²) in [7, 11) is 1.66. The topological polar surface area (TPSA) is 41.5 Å². The van der Waals surface area contributed by atoms with Crippen LogP contribution in [0.1, 0.15) is 11.1 Å². The molecule has 0 aliphatic heterocycles. The Bertz CT molecular complexity index is 606. The van der Waals surface area contributed by atoms with Crippen LogP contribution in [-0.2, 0) is 6.54 Å². The van der Waals surface area contributed by atoms with E-state index in [0.29, 0.717) is 15.5 Å². The lowest BCUT2D eigenvalue weighted by molar-refractivity contribution is 0.416. The minimum atomic E-state index is 0.210. The Morgan fingerprint density at radius 1 is 1.15 bits per heavy atom. The van der Waals surface area contributed by atoms with Crippen molar-refractivity contribution in [3.8, 4) is 11.5 Å². The van der Waals surface area contributed by atoms with Gasteiger partial charge in [-0.05, 0) is 74.2 Å². The number of aromatic hydroxyl groups is 1. The van der Waals surface area contributed by atoms with Crippen molar-refractivity contribution in [1.82, 2.24) is 0 Å². The number of phenolic OH excluding ortho intramolecular Hbond substituents is 1. The van der Waals surface area contributed by atoms with Gasteiger partial charge in [0, 0.05) is 6.54 Å². The molecular weight excluding hydrogens is 386 g/mol. The molecule has 5 heteroatoms. The van der Waals surface area contributed by atoms with Gasteiger partial charge in [0.1, 0.15) is 11.5 Å². The first-order valence-corrected chi connectivity index (χ1v) is 7.65. The fourth-order valence-corrected chi connectivity index (χ4v) is 3.16. The molecule has 0 bridgehead atoms. The van der Waals surface area contributed by atoms with Gasteiger partial charge in [-0.25, -0.2) is 0 Å². The van der Waals surface area contributed by atoms with Crippen molar-refractivity contribution in [2.45, 2.75) is 13.5 Å². The summed E-state index contributed by atoms with van der Waals surface area (Å²) in [6, 6.07) is 9.77. The molecule has 2 aromatic carbocycles. The van der Waals surface area contributed by atoms with Crippen LogP contribution in [0.2, 0.25) is 0 Å².